The Morgan fingerprint density at radius 2 is 2.00 bits per heavy atom. The third-order valence-corrected chi connectivity index (χ3v) is 3.31. The van der Waals surface area contributed by atoms with Gasteiger partial charge in [-0.05, 0) is 33.5 Å². The minimum absolute atomic E-state index is 0.179. The Labute approximate surface area is 80.7 Å². The molecular formula is C10H20N2O. The van der Waals surface area contributed by atoms with Crippen LogP contribution in [0.25, 0.3) is 0 Å². The summed E-state index contributed by atoms with van der Waals surface area (Å²) in [4.78, 5) is 15.6. The molecule has 0 radical (unpaired) electrons. The van der Waals surface area contributed by atoms with Crippen LogP contribution in [0.2, 0.25) is 0 Å². The molecule has 1 aliphatic heterocycles. The lowest BCUT2D eigenvalue weighted by molar-refractivity contribution is -0.120. The average molecular weight is 184 g/mol. The van der Waals surface area contributed by atoms with Gasteiger partial charge in [0.25, 0.3) is 0 Å². The Hall–Kier alpha value is -0.410. The van der Waals surface area contributed by atoms with Crippen molar-refractivity contribution in [3.05, 3.63) is 0 Å². The number of nitrogens with zero attached hydrogens (tertiary/aromatic N) is 2. The lowest BCUT2D eigenvalue weighted by Gasteiger charge is -2.42. The minimum Gasteiger partial charge on any atom is -0.306 e. The first-order valence-electron chi connectivity index (χ1n) is 5.01. The van der Waals surface area contributed by atoms with Crippen molar-refractivity contribution in [2.45, 2.75) is 25.3 Å². The number of aldehydes is 1. The number of carbonyl (C=O) groups is 1. The van der Waals surface area contributed by atoms with E-state index in [0.717, 1.165) is 38.8 Å². The van der Waals surface area contributed by atoms with E-state index in [-0.39, 0.29) is 5.54 Å². The summed E-state index contributed by atoms with van der Waals surface area (Å²) in [6.45, 7) is 5.11. The molecule has 3 nitrogen and oxygen atoms in total. The summed E-state index contributed by atoms with van der Waals surface area (Å²) in [5, 5.41) is 0. The van der Waals surface area contributed by atoms with Crippen molar-refractivity contribution in [2.75, 3.05) is 33.7 Å². The van der Waals surface area contributed by atoms with Crippen LogP contribution in [-0.2, 0) is 4.79 Å². The van der Waals surface area contributed by atoms with Gasteiger partial charge in [0.1, 0.15) is 6.29 Å². The van der Waals surface area contributed by atoms with Crippen LogP contribution < -0.4 is 0 Å². The number of hydrogen-bond acceptors (Lipinski definition) is 3. The maximum Gasteiger partial charge on any atom is 0.140 e. The lowest BCUT2D eigenvalue weighted by Crippen LogP contribution is -2.54. The Morgan fingerprint density at radius 1 is 1.46 bits per heavy atom. The highest BCUT2D eigenvalue weighted by Crippen LogP contribution is 2.24. The van der Waals surface area contributed by atoms with Gasteiger partial charge in [-0.1, -0.05) is 6.92 Å². The van der Waals surface area contributed by atoms with Crippen molar-refractivity contribution < 1.29 is 4.79 Å². The van der Waals surface area contributed by atoms with Crippen LogP contribution in [0.4, 0.5) is 0 Å². The fraction of sp³-hybridized carbons (Fsp3) is 0.900. The second-order valence-corrected chi connectivity index (χ2v) is 4.04. The van der Waals surface area contributed by atoms with E-state index >= 15 is 0 Å². The summed E-state index contributed by atoms with van der Waals surface area (Å²) >= 11 is 0. The van der Waals surface area contributed by atoms with E-state index in [4.69, 9.17) is 0 Å². The molecule has 1 heterocycles. The second kappa shape index (κ2) is 4.20. The third kappa shape index (κ3) is 2.09. The molecule has 0 aromatic rings. The van der Waals surface area contributed by atoms with Crippen LogP contribution in [0.3, 0.4) is 0 Å². The van der Waals surface area contributed by atoms with E-state index < -0.39 is 0 Å². The van der Waals surface area contributed by atoms with Crippen molar-refractivity contribution in [3.8, 4) is 0 Å². The maximum atomic E-state index is 11.1. The number of likely N-dealkylation sites (tertiary alicyclic amines) is 1. The highest BCUT2D eigenvalue weighted by molar-refractivity contribution is 5.64. The molecule has 1 saturated heterocycles. The Morgan fingerprint density at radius 3 is 2.38 bits per heavy atom. The molecule has 1 aliphatic rings. The summed E-state index contributed by atoms with van der Waals surface area (Å²) in [6.07, 6.45) is 3.08. The predicted octanol–water partition coefficient (Wildman–Crippen LogP) is 0.601. The van der Waals surface area contributed by atoms with E-state index in [1.54, 1.807) is 0 Å². The molecule has 0 saturated carbocycles. The van der Waals surface area contributed by atoms with Gasteiger partial charge >= 0.3 is 0 Å². The monoisotopic (exact) mass is 184 g/mol. The highest BCUT2D eigenvalue weighted by Gasteiger charge is 2.36. The smallest absolute Gasteiger partial charge is 0.140 e. The number of carbonyl (C=O) groups excluding carboxylic acids is 1. The normalized spacial score (nSPS) is 23.4. The SMILES string of the molecule is CCN(C)C1(C=O)CCN(C)CC1. The molecule has 3 heteroatoms. The zero-order valence-corrected chi connectivity index (χ0v) is 8.92. The molecule has 0 aromatic heterocycles. The number of hydrogen-bond donors (Lipinski definition) is 0. The van der Waals surface area contributed by atoms with Gasteiger partial charge in [0.05, 0.1) is 5.54 Å². The molecule has 0 atom stereocenters. The van der Waals surface area contributed by atoms with Crippen molar-refractivity contribution in [3.63, 3.8) is 0 Å². The number of rotatable bonds is 3. The molecule has 0 amide bonds. The summed E-state index contributed by atoms with van der Waals surface area (Å²) in [5.41, 5.74) is -0.179. The molecule has 76 valence electrons. The van der Waals surface area contributed by atoms with Gasteiger partial charge < -0.3 is 9.69 Å². The largest absolute Gasteiger partial charge is 0.306 e. The van der Waals surface area contributed by atoms with Gasteiger partial charge in [0.15, 0.2) is 0 Å². The van der Waals surface area contributed by atoms with Gasteiger partial charge in [0.2, 0.25) is 0 Å². The fourth-order valence-electron chi connectivity index (χ4n) is 1.91. The second-order valence-electron chi connectivity index (χ2n) is 4.04. The maximum absolute atomic E-state index is 11.1. The van der Waals surface area contributed by atoms with E-state index in [0.29, 0.717) is 0 Å². The van der Waals surface area contributed by atoms with Crippen LogP contribution in [0.1, 0.15) is 19.8 Å². The molecule has 0 aliphatic carbocycles. The zero-order valence-electron chi connectivity index (χ0n) is 8.92. The molecule has 0 unspecified atom stereocenters. The first-order chi connectivity index (χ1) is 6.14. The molecular weight excluding hydrogens is 164 g/mol. The fourth-order valence-corrected chi connectivity index (χ4v) is 1.91. The van der Waals surface area contributed by atoms with E-state index in [2.05, 4.69) is 23.8 Å². The van der Waals surface area contributed by atoms with Crippen LogP contribution in [0.5, 0.6) is 0 Å². The van der Waals surface area contributed by atoms with E-state index in [1.165, 1.54) is 0 Å². The van der Waals surface area contributed by atoms with E-state index in [1.807, 2.05) is 7.05 Å². The van der Waals surface area contributed by atoms with Gasteiger partial charge in [-0.2, -0.15) is 0 Å². The molecule has 13 heavy (non-hydrogen) atoms. The molecule has 0 spiro atoms. The first-order valence-corrected chi connectivity index (χ1v) is 5.01. The van der Waals surface area contributed by atoms with Crippen LogP contribution in [-0.4, -0.2) is 55.4 Å². The van der Waals surface area contributed by atoms with Crippen LogP contribution in [0, 0.1) is 0 Å². The van der Waals surface area contributed by atoms with Crippen molar-refractivity contribution >= 4 is 6.29 Å². The van der Waals surface area contributed by atoms with Gasteiger partial charge in [-0.3, -0.25) is 4.90 Å². The zero-order chi connectivity index (χ0) is 9.90. The summed E-state index contributed by atoms with van der Waals surface area (Å²) in [5.74, 6) is 0. The van der Waals surface area contributed by atoms with Crippen LogP contribution >= 0.6 is 0 Å². The summed E-state index contributed by atoms with van der Waals surface area (Å²) in [6, 6.07) is 0. The van der Waals surface area contributed by atoms with E-state index in [9.17, 15) is 4.79 Å². The first kappa shape index (κ1) is 10.7. The molecule has 0 bridgehead atoms. The summed E-state index contributed by atoms with van der Waals surface area (Å²) in [7, 11) is 4.15. The van der Waals surface area contributed by atoms with Crippen LogP contribution in [0.15, 0.2) is 0 Å². The Bertz CT molecular complexity index is 174. The minimum atomic E-state index is -0.179. The average Bonchev–Trinajstić information content (AvgIpc) is 2.18. The summed E-state index contributed by atoms with van der Waals surface area (Å²) < 4.78 is 0. The molecule has 0 N–H and O–H groups in total. The predicted molar refractivity (Wildman–Crippen MR) is 53.8 cm³/mol. The van der Waals surface area contributed by atoms with Crippen molar-refractivity contribution in [2.24, 2.45) is 0 Å². The topological polar surface area (TPSA) is 23.6 Å². The Kier molecular flexibility index (Phi) is 3.45. The standard InChI is InChI=1S/C10H20N2O/c1-4-12(3)10(9-13)5-7-11(2)8-6-10/h9H,4-8H2,1-3H3. The number of piperidine rings is 1. The van der Waals surface area contributed by atoms with Crippen molar-refractivity contribution in [1.82, 2.24) is 9.80 Å². The third-order valence-electron chi connectivity index (χ3n) is 3.31. The van der Waals surface area contributed by atoms with Gasteiger partial charge in [-0.25, -0.2) is 0 Å². The van der Waals surface area contributed by atoms with Gasteiger partial charge in [-0.15, -0.1) is 0 Å². The quantitative estimate of drug-likeness (QED) is 0.600. The molecule has 1 rings (SSSR count). The van der Waals surface area contributed by atoms with Crippen molar-refractivity contribution in [1.29, 1.82) is 0 Å². The number of likely N-dealkylation sites (N-methyl/N-ethyl adjacent to an activating group) is 1. The van der Waals surface area contributed by atoms with Gasteiger partial charge in [0, 0.05) is 13.1 Å². The lowest BCUT2D eigenvalue weighted by atomic mass is 9.87. The highest BCUT2D eigenvalue weighted by atomic mass is 16.1. The Balaban J connectivity index is 2.65. The molecule has 0 aromatic carbocycles. The molecule has 1 fully saturated rings.